The molecule has 3 rings (SSSR count). The zero-order valence-corrected chi connectivity index (χ0v) is 14.3. The van der Waals surface area contributed by atoms with E-state index in [0.717, 1.165) is 6.04 Å². The number of hydrogen-bond acceptors (Lipinski definition) is 1. The van der Waals surface area contributed by atoms with Gasteiger partial charge in [0.2, 0.25) is 0 Å². The Hall–Kier alpha value is -0.863. The molecule has 0 spiro atoms. The summed E-state index contributed by atoms with van der Waals surface area (Å²) in [6.45, 7) is 7.25. The standard InChI is InChI=1S/C18H27NSi/c1-19-16-6-5-7-17(19)13-15(12-16)14-8-10-18(11-9-14)20(2,3)4/h8-12,16-17H,5-7,13H2,1-4H3. The first-order valence-corrected chi connectivity index (χ1v) is 11.5. The van der Waals surface area contributed by atoms with Crippen LogP contribution in [0.1, 0.15) is 31.2 Å². The van der Waals surface area contributed by atoms with Crippen LogP contribution in [0.25, 0.3) is 5.57 Å². The summed E-state index contributed by atoms with van der Waals surface area (Å²) in [5, 5.41) is 1.56. The smallest absolute Gasteiger partial charge is 0.0775 e. The van der Waals surface area contributed by atoms with Crippen molar-refractivity contribution in [2.45, 2.75) is 57.4 Å². The number of rotatable bonds is 2. The van der Waals surface area contributed by atoms with Crippen molar-refractivity contribution >= 4 is 18.8 Å². The van der Waals surface area contributed by atoms with E-state index in [1.54, 1.807) is 10.8 Å². The van der Waals surface area contributed by atoms with E-state index in [1.807, 2.05) is 0 Å². The molecule has 0 aliphatic carbocycles. The monoisotopic (exact) mass is 285 g/mol. The molecule has 1 nitrogen and oxygen atoms in total. The van der Waals surface area contributed by atoms with Crippen LogP contribution in [0.5, 0.6) is 0 Å². The number of benzene rings is 1. The van der Waals surface area contributed by atoms with E-state index < -0.39 is 8.07 Å². The minimum atomic E-state index is -1.17. The van der Waals surface area contributed by atoms with Gasteiger partial charge in [-0.05, 0) is 37.4 Å². The lowest BCUT2D eigenvalue weighted by atomic mass is 9.83. The SMILES string of the molecule is CN1C2C=C(c3ccc([Si](C)(C)C)cc3)CC1CCC2. The molecule has 20 heavy (non-hydrogen) atoms. The van der Waals surface area contributed by atoms with Crippen molar-refractivity contribution in [1.82, 2.24) is 4.90 Å². The Morgan fingerprint density at radius 1 is 1.05 bits per heavy atom. The molecule has 0 N–H and O–H groups in total. The van der Waals surface area contributed by atoms with E-state index in [0.29, 0.717) is 6.04 Å². The molecule has 1 saturated heterocycles. The van der Waals surface area contributed by atoms with Crippen molar-refractivity contribution in [3.8, 4) is 0 Å². The summed E-state index contributed by atoms with van der Waals surface area (Å²) in [6, 6.07) is 10.9. The molecule has 2 heterocycles. The molecule has 0 amide bonds. The van der Waals surface area contributed by atoms with Crippen LogP contribution in [-0.4, -0.2) is 32.1 Å². The van der Waals surface area contributed by atoms with E-state index in [-0.39, 0.29) is 0 Å². The summed E-state index contributed by atoms with van der Waals surface area (Å²) in [6.07, 6.45) is 7.87. The fraction of sp³-hybridized carbons (Fsp3) is 0.556. The Morgan fingerprint density at radius 2 is 1.75 bits per heavy atom. The molecule has 108 valence electrons. The Bertz CT molecular complexity index is 509. The van der Waals surface area contributed by atoms with Crippen LogP contribution in [0.4, 0.5) is 0 Å². The van der Waals surface area contributed by atoms with Gasteiger partial charge in [0, 0.05) is 12.1 Å². The zero-order valence-electron chi connectivity index (χ0n) is 13.3. The molecular formula is C18H27NSi. The topological polar surface area (TPSA) is 3.24 Å². The summed E-state index contributed by atoms with van der Waals surface area (Å²) in [5.74, 6) is 0. The average Bonchev–Trinajstić information content (AvgIpc) is 2.37. The Labute approximate surface area is 124 Å². The lowest BCUT2D eigenvalue weighted by Gasteiger charge is -2.42. The van der Waals surface area contributed by atoms with E-state index in [9.17, 15) is 0 Å². The van der Waals surface area contributed by atoms with Gasteiger partial charge in [0.1, 0.15) is 0 Å². The van der Waals surface area contributed by atoms with Crippen LogP contribution in [0, 0.1) is 0 Å². The van der Waals surface area contributed by atoms with Crippen molar-refractivity contribution < 1.29 is 0 Å². The molecular weight excluding hydrogens is 258 g/mol. The lowest BCUT2D eigenvalue weighted by Crippen LogP contribution is -2.45. The number of piperidine rings is 1. The molecule has 0 saturated carbocycles. The first-order valence-electron chi connectivity index (χ1n) is 7.99. The second kappa shape index (κ2) is 5.16. The number of likely N-dealkylation sites (N-methyl/N-ethyl adjacent to an activating group) is 1. The molecule has 1 aromatic carbocycles. The summed E-state index contributed by atoms with van der Waals surface area (Å²) >= 11 is 0. The molecule has 2 atom stereocenters. The highest BCUT2D eigenvalue weighted by atomic mass is 28.3. The van der Waals surface area contributed by atoms with Crippen molar-refractivity contribution in [3.05, 3.63) is 35.9 Å². The zero-order chi connectivity index (χ0) is 14.3. The maximum absolute atomic E-state index is 2.59. The Kier molecular flexibility index (Phi) is 3.63. The molecule has 1 aromatic rings. The van der Waals surface area contributed by atoms with Crippen LogP contribution >= 0.6 is 0 Å². The second-order valence-electron chi connectivity index (χ2n) is 7.54. The highest BCUT2D eigenvalue weighted by molar-refractivity contribution is 6.88. The molecule has 0 radical (unpaired) electrons. The van der Waals surface area contributed by atoms with Gasteiger partial charge in [0.05, 0.1) is 8.07 Å². The van der Waals surface area contributed by atoms with Crippen LogP contribution in [0.15, 0.2) is 30.3 Å². The maximum atomic E-state index is 2.59. The number of fused-ring (bicyclic) bond motifs is 2. The third-order valence-electron chi connectivity index (χ3n) is 5.11. The molecule has 2 heteroatoms. The summed E-state index contributed by atoms with van der Waals surface area (Å²) in [5.41, 5.74) is 3.04. The average molecular weight is 286 g/mol. The van der Waals surface area contributed by atoms with Gasteiger partial charge in [-0.3, -0.25) is 4.90 Å². The van der Waals surface area contributed by atoms with E-state index in [4.69, 9.17) is 0 Å². The molecule has 2 unspecified atom stereocenters. The van der Waals surface area contributed by atoms with E-state index in [1.165, 1.54) is 31.2 Å². The summed E-state index contributed by atoms with van der Waals surface area (Å²) in [7, 11) is 1.13. The number of hydrogen-bond donors (Lipinski definition) is 0. The normalized spacial score (nSPS) is 27.3. The predicted molar refractivity (Wildman–Crippen MR) is 91.2 cm³/mol. The maximum Gasteiger partial charge on any atom is 0.0775 e. The van der Waals surface area contributed by atoms with Gasteiger partial charge in [0.15, 0.2) is 0 Å². The largest absolute Gasteiger partial charge is 0.297 e. The first-order chi connectivity index (χ1) is 9.45. The fourth-order valence-corrected chi connectivity index (χ4v) is 4.81. The highest BCUT2D eigenvalue weighted by Gasteiger charge is 2.31. The summed E-state index contributed by atoms with van der Waals surface area (Å²) in [4.78, 5) is 2.59. The molecule has 1 fully saturated rings. The van der Waals surface area contributed by atoms with Crippen LogP contribution in [0.3, 0.4) is 0 Å². The molecule has 2 bridgehead atoms. The minimum absolute atomic E-state index is 0.675. The summed E-state index contributed by atoms with van der Waals surface area (Å²) < 4.78 is 0. The van der Waals surface area contributed by atoms with Gasteiger partial charge < -0.3 is 0 Å². The predicted octanol–water partition coefficient (Wildman–Crippen LogP) is 3.87. The van der Waals surface area contributed by atoms with Gasteiger partial charge in [-0.15, -0.1) is 0 Å². The van der Waals surface area contributed by atoms with Crippen molar-refractivity contribution in [3.63, 3.8) is 0 Å². The lowest BCUT2D eigenvalue weighted by molar-refractivity contribution is 0.137. The molecule has 2 aliphatic heterocycles. The van der Waals surface area contributed by atoms with Crippen LogP contribution < -0.4 is 5.19 Å². The Morgan fingerprint density at radius 3 is 2.35 bits per heavy atom. The quantitative estimate of drug-likeness (QED) is 0.746. The van der Waals surface area contributed by atoms with Gasteiger partial charge in [-0.2, -0.15) is 0 Å². The van der Waals surface area contributed by atoms with Crippen molar-refractivity contribution in [2.24, 2.45) is 0 Å². The number of nitrogens with zero attached hydrogens (tertiary/aromatic N) is 1. The fourth-order valence-electron chi connectivity index (χ4n) is 3.64. The highest BCUT2D eigenvalue weighted by Crippen LogP contribution is 2.35. The third-order valence-corrected chi connectivity index (χ3v) is 7.17. The van der Waals surface area contributed by atoms with Gasteiger partial charge in [-0.25, -0.2) is 0 Å². The molecule has 0 aromatic heterocycles. The third kappa shape index (κ3) is 2.64. The second-order valence-corrected chi connectivity index (χ2v) is 12.6. The first kappa shape index (κ1) is 14.1. The molecule has 2 aliphatic rings. The van der Waals surface area contributed by atoms with Crippen molar-refractivity contribution in [2.75, 3.05) is 7.05 Å². The van der Waals surface area contributed by atoms with Crippen molar-refractivity contribution in [1.29, 1.82) is 0 Å². The minimum Gasteiger partial charge on any atom is -0.297 e. The van der Waals surface area contributed by atoms with Gasteiger partial charge in [0.25, 0.3) is 0 Å². The Balaban J connectivity index is 1.86. The van der Waals surface area contributed by atoms with Crippen LogP contribution in [-0.2, 0) is 0 Å². The van der Waals surface area contributed by atoms with Gasteiger partial charge >= 0.3 is 0 Å². The van der Waals surface area contributed by atoms with E-state index >= 15 is 0 Å². The van der Waals surface area contributed by atoms with Crippen LogP contribution in [0.2, 0.25) is 19.6 Å². The van der Waals surface area contributed by atoms with E-state index in [2.05, 4.69) is 61.9 Å². The van der Waals surface area contributed by atoms with Gasteiger partial charge in [-0.1, -0.05) is 61.6 Å².